The first-order valence-electron chi connectivity index (χ1n) is 8.94. The van der Waals surface area contributed by atoms with Gasteiger partial charge in [0.25, 0.3) is 5.91 Å². The van der Waals surface area contributed by atoms with E-state index in [0.717, 1.165) is 17.9 Å². The zero-order valence-corrected chi connectivity index (χ0v) is 15.2. The highest BCUT2D eigenvalue weighted by Gasteiger charge is 2.41. The highest BCUT2D eigenvalue weighted by atomic mass is 16.3. The minimum Gasteiger partial charge on any atom is -0.462 e. The maximum absolute atomic E-state index is 12.9. The maximum atomic E-state index is 12.9. The first kappa shape index (κ1) is 16.7. The van der Waals surface area contributed by atoms with Crippen LogP contribution in [0.2, 0.25) is 0 Å². The molecule has 2 aliphatic rings. The number of anilines is 1. The van der Waals surface area contributed by atoms with E-state index in [-0.39, 0.29) is 18.4 Å². The van der Waals surface area contributed by atoms with E-state index in [2.05, 4.69) is 12.2 Å². The van der Waals surface area contributed by atoms with Crippen molar-refractivity contribution >= 4 is 17.5 Å². The Morgan fingerprint density at radius 1 is 1.23 bits per heavy atom. The summed E-state index contributed by atoms with van der Waals surface area (Å²) in [5.41, 5.74) is 1.35. The van der Waals surface area contributed by atoms with Crippen LogP contribution in [0.5, 0.6) is 0 Å². The molecule has 136 valence electrons. The average molecular weight is 353 g/mol. The number of carbonyl (C=O) groups is 2. The standard InChI is InChI=1S/C20H23N3O3/c1-12-10-14(12)16-8-9-17(26-16)19-22(3)20(25)13-6-4-5-7-15(13)23(19)11-18(24)21-2/h4-9,12,14,19H,10-11H2,1-3H3,(H,21,24). The number of rotatable bonds is 4. The molecule has 1 saturated carbocycles. The second-order valence-corrected chi connectivity index (χ2v) is 7.17. The van der Waals surface area contributed by atoms with Crippen LogP contribution in [0.15, 0.2) is 40.8 Å². The molecule has 0 saturated heterocycles. The van der Waals surface area contributed by atoms with E-state index >= 15 is 0 Å². The molecule has 1 aromatic carbocycles. The largest absolute Gasteiger partial charge is 0.462 e. The second-order valence-electron chi connectivity index (χ2n) is 7.17. The van der Waals surface area contributed by atoms with Gasteiger partial charge in [-0.3, -0.25) is 9.59 Å². The molecule has 0 spiro atoms. The van der Waals surface area contributed by atoms with Gasteiger partial charge in [0, 0.05) is 20.0 Å². The van der Waals surface area contributed by atoms with Gasteiger partial charge in [-0.1, -0.05) is 19.1 Å². The summed E-state index contributed by atoms with van der Waals surface area (Å²) in [6.45, 7) is 2.35. The van der Waals surface area contributed by atoms with Gasteiger partial charge in [0.15, 0.2) is 6.17 Å². The minimum atomic E-state index is -0.447. The number of benzene rings is 1. The van der Waals surface area contributed by atoms with Gasteiger partial charge >= 0.3 is 0 Å². The number of carbonyl (C=O) groups excluding carboxylic acids is 2. The molecule has 1 aliphatic carbocycles. The number of amides is 2. The van der Waals surface area contributed by atoms with Crippen molar-refractivity contribution in [3.05, 3.63) is 53.5 Å². The Kier molecular flexibility index (Phi) is 3.98. The summed E-state index contributed by atoms with van der Waals surface area (Å²) in [6, 6.07) is 11.3. The summed E-state index contributed by atoms with van der Waals surface area (Å²) in [5.74, 6) is 2.57. The van der Waals surface area contributed by atoms with Crippen LogP contribution in [-0.4, -0.2) is 37.4 Å². The van der Waals surface area contributed by atoms with E-state index in [9.17, 15) is 9.59 Å². The fourth-order valence-corrected chi connectivity index (χ4v) is 3.72. The molecule has 1 fully saturated rings. The van der Waals surface area contributed by atoms with Crippen molar-refractivity contribution in [3.8, 4) is 0 Å². The number of para-hydroxylation sites is 1. The molecule has 6 nitrogen and oxygen atoms in total. The Bertz CT molecular complexity index is 859. The molecule has 26 heavy (non-hydrogen) atoms. The summed E-state index contributed by atoms with van der Waals surface area (Å²) in [7, 11) is 3.36. The third-order valence-corrected chi connectivity index (χ3v) is 5.40. The van der Waals surface area contributed by atoms with Crippen molar-refractivity contribution < 1.29 is 14.0 Å². The first-order chi connectivity index (χ1) is 12.5. The number of nitrogens with one attached hydrogen (secondary N) is 1. The lowest BCUT2D eigenvalue weighted by Crippen LogP contribution is -2.50. The number of fused-ring (bicyclic) bond motifs is 1. The first-order valence-corrected chi connectivity index (χ1v) is 8.94. The van der Waals surface area contributed by atoms with Gasteiger partial charge in [-0.15, -0.1) is 0 Å². The maximum Gasteiger partial charge on any atom is 0.257 e. The van der Waals surface area contributed by atoms with E-state index in [1.807, 2.05) is 35.2 Å². The van der Waals surface area contributed by atoms with E-state index in [1.165, 1.54) is 0 Å². The Labute approximate surface area is 152 Å². The van der Waals surface area contributed by atoms with Crippen LogP contribution in [0.25, 0.3) is 0 Å². The van der Waals surface area contributed by atoms with Crippen LogP contribution >= 0.6 is 0 Å². The van der Waals surface area contributed by atoms with E-state index in [0.29, 0.717) is 23.2 Å². The molecular formula is C20H23N3O3. The van der Waals surface area contributed by atoms with Crippen molar-refractivity contribution in [3.63, 3.8) is 0 Å². The predicted molar refractivity (Wildman–Crippen MR) is 97.9 cm³/mol. The van der Waals surface area contributed by atoms with Crippen LogP contribution in [-0.2, 0) is 4.79 Å². The third kappa shape index (κ3) is 2.66. The summed E-state index contributed by atoms with van der Waals surface area (Å²) in [4.78, 5) is 28.6. The highest BCUT2D eigenvalue weighted by Crippen LogP contribution is 2.48. The molecule has 2 aromatic rings. The number of furan rings is 1. The Balaban J connectivity index is 1.76. The van der Waals surface area contributed by atoms with Crippen LogP contribution in [0, 0.1) is 5.92 Å². The quantitative estimate of drug-likeness (QED) is 0.918. The Hall–Kier alpha value is -2.76. The molecule has 0 bridgehead atoms. The summed E-state index contributed by atoms with van der Waals surface area (Å²) >= 11 is 0. The second kappa shape index (κ2) is 6.20. The average Bonchev–Trinajstić information content (AvgIpc) is 3.18. The minimum absolute atomic E-state index is 0.0727. The van der Waals surface area contributed by atoms with Gasteiger partial charge in [-0.05, 0) is 36.6 Å². The smallest absolute Gasteiger partial charge is 0.257 e. The van der Waals surface area contributed by atoms with Crippen LogP contribution < -0.4 is 10.2 Å². The monoisotopic (exact) mass is 353 g/mol. The Morgan fingerprint density at radius 3 is 2.62 bits per heavy atom. The van der Waals surface area contributed by atoms with Crippen molar-refractivity contribution in [1.82, 2.24) is 10.2 Å². The zero-order valence-electron chi connectivity index (χ0n) is 15.2. The van der Waals surface area contributed by atoms with Crippen molar-refractivity contribution in [2.45, 2.75) is 25.4 Å². The zero-order chi connectivity index (χ0) is 18.4. The molecule has 0 radical (unpaired) electrons. The van der Waals surface area contributed by atoms with Gasteiger partial charge in [0.2, 0.25) is 5.91 Å². The van der Waals surface area contributed by atoms with Gasteiger partial charge in [0.05, 0.1) is 17.8 Å². The molecule has 1 aliphatic heterocycles. The SMILES string of the molecule is CNC(=O)CN1c2ccccc2C(=O)N(C)C1c1ccc(C2CC2C)o1. The van der Waals surface area contributed by atoms with Crippen LogP contribution in [0.3, 0.4) is 0 Å². The molecule has 4 rings (SSSR count). The fraction of sp³-hybridized carbons (Fsp3) is 0.400. The summed E-state index contributed by atoms with van der Waals surface area (Å²) in [5, 5.41) is 2.67. The Morgan fingerprint density at radius 2 is 1.92 bits per heavy atom. The molecule has 3 atom stereocenters. The van der Waals surface area contributed by atoms with Gasteiger partial charge in [-0.2, -0.15) is 0 Å². The molecule has 1 N–H and O–H groups in total. The van der Waals surface area contributed by atoms with Crippen LogP contribution in [0.1, 0.15) is 47.3 Å². The fourth-order valence-electron chi connectivity index (χ4n) is 3.72. The molecule has 2 heterocycles. The predicted octanol–water partition coefficient (Wildman–Crippen LogP) is 2.74. The molecule has 6 heteroatoms. The molecule has 3 unspecified atom stereocenters. The highest BCUT2D eigenvalue weighted by molar-refractivity contribution is 6.02. The molecule has 1 aromatic heterocycles. The van der Waals surface area contributed by atoms with E-state index < -0.39 is 6.17 Å². The van der Waals surface area contributed by atoms with Gasteiger partial charge < -0.3 is 19.5 Å². The van der Waals surface area contributed by atoms with Crippen molar-refractivity contribution in [1.29, 1.82) is 0 Å². The summed E-state index contributed by atoms with van der Waals surface area (Å²) in [6.07, 6.45) is 0.689. The lowest BCUT2D eigenvalue weighted by Gasteiger charge is -2.42. The number of hydrogen-bond acceptors (Lipinski definition) is 4. The normalized spacial score (nSPS) is 24.4. The van der Waals surface area contributed by atoms with Crippen molar-refractivity contribution in [2.24, 2.45) is 5.92 Å². The van der Waals surface area contributed by atoms with E-state index in [4.69, 9.17) is 4.42 Å². The van der Waals surface area contributed by atoms with Gasteiger partial charge in [-0.25, -0.2) is 0 Å². The lowest BCUT2D eigenvalue weighted by atomic mass is 10.0. The molecule has 2 amide bonds. The third-order valence-electron chi connectivity index (χ3n) is 5.40. The summed E-state index contributed by atoms with van der Waals surface area (Å²) < 4.78 is 6.13. The number of hydrogen-bond donors (Lipinski definition) is 1. The van der Waals surface area contributed by atoms with Crippen LogP contribution in [0.4, 0.5) is 5.69 Å². The van der Waals surface area contributed by atoms with Gasteiger partial charge in [0.1, 0.15) is 11.5 Å². The molecular weight excluding hydrogens is 330 g/mol. The topological polar surface area (TPSA) is 65.8 Å². The van der Waals surface area contributed by atoms with Crippen molar-refractivity contribution in [2.75, 3.05) is 25.5 Å². The van der Waals surface area contributed by atoms with E-state index in [1.54, 1.807) is 25.1 Å². The number of likely N-dealkylation sites (N-methyl/N-ethyl adjacent to an activating group) is 1. The lowest BCUT2D eigenvalue weighted by molar-refractivity contribution is -0.119. The number of nitrogens with zero attached hydrogens (tertiary/aromatic N) is 2.